The molecule has 6 nitrogen and oxygen atoms in total. The molecular formula is C15H17ClF3N5O. The van der Waals surface area contributed by atoms with Crippen molar-refractivity contribution >= 4 is 18.3 Å². The number of nitrogens with one attached hydrogen (secondary N) is 1. The summed E-state index contributed by atoms with van der Waals surface area (Å²) in [5.41, 5.74) is -0.467. The Balaban J connectivity index is 0.00000225. The van der Waals surface area contributed by atoms with Gasteiger partial charge in [-0.25, -0.2) is 4.68 Å². The first kappa shape index (κ1) is 19.2. The number of amides is 1. The minimum Gasteiger partial charge on any atom is -0.334 e. The molecule has 1 N–H and O–H groups in total. The fourth-order valence-corrected chi connectivity index (χ4v) is 2.59. The van der Waals surface area contributed by atoms with Crippen LogP contribution in [0.1, 0.15) is 23.0 Å². The third-order valence-electron chi connectivity index (χ3n) is 3.81. The van der Waals surface area contributed by atoms with Gasteiger partial charge in [-0.1, -0.05) is 11.3 Å². The first-order valence-corrected chi connectivity index (χ1v) is 7.47. The van der Waals surface area contributed by atoms with Crippen LogP contribution in [-0.2, 0) is 6.18 Å². The molecule has 1 aromatic carbocycles. The van der Waals surface area contributed by atoms with Crippen LogP contribution in [0.3, 0.4) is 0 Å². The number of benzene rings is 1. The Hall–Kier alpha value is -2.13. The first-order chi connectivity index (χ1) is 11.3. The molecule has 3 rings (SSSR count). The average molecular weight is 376 g/mol. The monoisotopic (exact) mass is 375 g/mol. The van der Waals surface area contributed by atoms with Crippen molar-refractivity contribution in [1.29, 1.82) is 0 Å². The SMILES string of the molecule is CC1CN(C(=O)c2cn(-c3cccc(C(F)(F)F)c3)nn2)CCN1.Cl. The molecule has 10 heteroatoms. The molecular weight excluding hydrogens is 359 g/mol. The summed E-state index contributed by atoms with van der Waals surface area (Å²) in [6, 6.07) is 4.90. The summed E-state index contributed by atoms with van der Waals surface area (Å²) in [5.74, 6) is -0.276. The van der Waals surface area contributed by atoms with Crippen LogP contribution in [0.2, 0.25) is 0 Å². The fourth-order valence-electron chi connectivity index (χ4n) is 2.59. The highest BCUT2D eigenvalue weighted by Gasteiger charge is 2.30. The average Bonchev–Trinajstić information content (AvgIpc) is 3.03. The smallest absolute Gasteiger partial charge is 0.334 e. The van der Waals surface area contributed by atoms with E-state index >= 15 is 0 Å². The molecule has 1 aliphatic heterocycles. The van der Waals surface area contributed by atoms with E-state index in [-0.39, 0.29) is 35.7 Å². The molecule has 0 spiro atoms. The number of rotatable bonds is 2. The highest BCUT2D eigenvalue weighted by molar-refractivity contribution is 5.92. The van der Waals surface area contributed by atoms with Gasteiger partial charge in [0.2, 0.25) is 0 Å². The maximum absolute atomic E-state index is 12.8. The second-order valence-electron chi connectivity index (χ2n) is 5.70. The van der Waals surface area contributed by atoms with Gasteiger partial charge in [0, 0.05) is 25.7 Å². The molecule has 1 aliphatic rings. The standard InChI is InChI=1S/C15H16F3N5O.ClH/c1-10-8-22(6-5-19-10)14(24)13-9-23(21-20-13)12-4-2-3-11(7-12)15(16,17)18;/h2-4,7,9-10,19H,5-6,8H2,1H3;1H. The lowest BCUT2D eigenvalue weighted by Crippen LogP contribution is -2.51. The Kier molecular flexibility index (Phi) is 5.69. The molecule has 0 saturated carbocycles. The molecule has 0 aliphatic carbocycles. The molecule has 1 fully saturated rings. The van der Waals surface area contributed by atoms with Crippen LogP contribution in [-0.4, -0.2) is 51.5 Å². The fraction of sp³-hybridized carbons (Fsp3) is 0.400. The van der Waals surface area contributed by atoms with Crippen molar-refractivity contribution in [1.82, 2.24) is 25.2 Å². The van der Waals surface area contributed by atoms with Crippen molar-refractivity contribution in [2.45, 2.75) is 19.1 Å². The highest BCUT2D eigenvalue weighted by atomic mass is 35.5. The molecule has 136 valence electrons. The van der Waals surface area contributed by atoms with E-state index in [0.29, 0.717) is 19.6 Å². The molecule has 2 heterocycles. The Morgan fingerprint density at radius 3 is 2.80 bits per heavy atom. The first-order valence-electron chi connectivity index (χ1n) is 7.47. The van der Waals surface area contributed by atoms with E-state index in [4.69, 9.17) is 0 Å². The Morgan fingerprint density at radius 2 is 2.12 bits per heavy atom. The van der Waals surface area contributed by atoms with Crippen molar-refractivity contribution in [2.75, 3.05) is 19.6 Å². The van der Waals surface area contributed by atoms with Crippen molar-refractivity contribution in [3.63, 3.8) is 0 Å². The van der Waals surface area contributed by atoms with Gasteiger partial charge < -0.3 is 10.2 Å². The van der Waals surface area contributed by atoms with Gasteiger partial charge in [0.25, 0.3) is 5.91 Å². The summed E-state index contributed by atoms with van der Waals surface area (Å²) in [6.45, 7) is 3.77. The minimum absolute atomic E-state index is 0. The van der Waals surface area contributed by atoms with Gasteiger partial charge in [-0.2, -0.15) is 13.2 Å². The summed E-state index contributed by atoms with van der Waals surface area (Å²) in [6.07, 6.45) is -3.09. The van der Waals surface area contributed by atoms with Crippen LogP contribution >= 0.6 is 12.4 Å². The lowest BCUT2D eigenvalue weighted by molar-refractivity contribution is -0.137. The van der Waals surface area contributed by atoms with Crippen molar-refractivity contribution in [3.05, 3.63) is 41.7 Å². The zero-order chi connectivity index (χ0) is 17.3. The zero-order valence-electron chi connectivity index (χ0n) is 13.3. The molecule has 0 radical (unpaired) electrons. The molecule has 1 atom stereocenters. The van der Waals surface area contributed by atoms with Crippen molar-refractivity contribution in [3.8, 4) is 5.69 Å². The number of aromatic nitrogens is 3. The summed E-state index contributed by atoms with van der Waals surface area (Å²) in [7, 11) is 0. The van der Waals surface area contributed by atoms with Crippen LogP contribution < -0.4 is 5.32 Å². The maximum atomic E-state index is 12.8. The van der Waals surface area contributed by atoms with E-state index in [0.717, 1.165) is 12.1 Å². The molecule has 0 bridgehead atoms. The third kappa shape index (κ3) is 4.29. The normalized spacial score (nSPS) is 17.9. The number of hydrogen-bond donors (Lipinski definition) is 1. The van der Waals surface area contributed by atoms with Gasteiger partial charge in [-0.05, 0) is 25.1 Å². The lowest BCUT2D eigenvalue weighted by Gasteiger charge is -2.31. The zero-order valence-corrected chi connectivity index (χ0v) is 14.1. The van der Waals surface area contributed by atoms with Crippen LogP contribution in [0.5, 0.6) is 0 Å². The van der Waals surface area contributed by atoms with Gasteiger partial charge in [0.1, 0.15) is 0 Å². The topological polar surface area (TPSA) is 63.1 Å². The van der Waals surface area contributed by atoms with E-state index in [1.165, 1.54) is 23.0 Å². The predicted octanol–water partition coefficient (Wildman–Crippen LogP) is 2.14. The van der Waals surface area contributed by atoms with E-state index in [1.54, 1.807) is 4.90 Å². The largest absolute Gasteiger partial charge is 0.416 e. The Morgan fingerprint density at radius 1 is 1.36 bits per heavy atom. The van der Waals surface area contributed by atoms with Crippen LogP contribution in [0.25, 0.3) is 5.69 Å². The molecule has 1 aromatic heterocycles. The third-order valence-corrected chi connectivity index (χ3v) is 3.81. The van der Waals surface area contributed by atoms with E-state index in [1.807, 2.05) is 6.92 Å². The van der Waals surface area contributed by atoms with E-state index in [2.05, 4.69) is 15.6 Å². The van der Waals surface area contributed by atoms with Gasteiger partial charge in [0.05, 0.1) is 17.4 Å². The predicted molar refractivity (Wildman–Crippen MR) is 87.0 cm³/mol. The summed E-state index contributed by atoms with van der Waals surface area (Å²) >= 11 is 0. The molecule has 25 heavy (non-hydrogen) atoms. The van der Waals surface area contributed by atoms with Gasteiger partial charge in [0.15, 0.2) is 5.69 Å². The summed E-state index contributed by atoms with van der Waals surface area (Å²) in [5, 5.41) is 10.8. The van der Waals surface area contributed by atoms with Crippen LogP contribution in [0.4, 0.5) is 13.2 Å². The number of carbonyl (C=O) groups is 1. The molecule has 2 aromatic rings. The number of hydrogen-bond acceptors (Lipinski definition) is 4. The van der Waals surface area contributed by atoms with Crippen LogP contribution in [0.15, 0.2) is 30.5 Å². The lowest BCUT2D eigenvalue weighted by atomic mass is 10.2. The quantitative estimate of drug-likeness (QED) is 0.873. The van der Waals surface area contributed by atoms with Crippen LogP contribution in [0, 0.1) is 0 Å². The number of alkyl halides is 3. The van der Waals surface area contributed by atoms with Crippen molar-refractivity contribution < 1.29 is 18.0 Å². The number of carbonyl (C=O) groups excluding carboxylic acids is 1. The summed E-state index contributed by atoms with van der Waals surface area (Å²) in [4.78, 5) is 14.1. The molecule has 1 amide bonds. The highest BCUT2D eigenvalue weighted by Crippen LogP contribution is 2.30. The number of halogens is 4. The second kappa shape index (κ2) is 7.40. The second-order valence-corrected chi connectivity index (χ2v) is 5.70. The van der Waals surface area contributed by atoms with Gasteiger partial charge in [-0.3, -0.25) is 4.79 Å². The number of piperazine rings is 1. The minimum atomic E-state index is -4.44. The maximum Gasteiger partial charge on any atom is 0.416 e. The number of nitrogens with zero attached hydrogens (tertiary/aromatic N) is 4. The van der Waals surface area contributed by atoms with Gasteiger partial charge >= 0.3 is 6.18 Å². The molecule has 1 saturated heterocycles. The van der Waals surface area contributed by atoms with E-state index < -0.39 is 11.7 Å². The Labute approximate surface area is 148 Å². The van der Waals surface area contributed by atoms with Crippen molar-refractivity contribution in [2.24, 2.45) is 0 Å². The Bertz CT molecular complexity index is 749. The summed E-state index contributed by atoms with van der Waals surface area (Å²) < 4.78 is 39.5. The van der Waals surface area contributed by atoms with E-state index in [9.17, 15) is 18.0 Å². The molecule has 1 unspecified atom stereocenters. The van der Waals surface area contributed by atoms with Gasteiger partial charge in [-0.15, -0.1) is 17.5 Å².